The second kappa shape index (κ2) is 6.82. The lowest BCUT2D eigenvalue weighted by Gasteiger charge is -2.61. The molecule has 0 bridgehead atoms. The maximum atomic E-state index is 12.7. The molecule has 0 aromatic heterocycles. The Morgan fingerprint density at radius 1 is 1.11 bits per heavy atom. The Balaban J connectivity index is 1.34. The van der Waals surface area contributed by atoms with Gasteiger partial charge in [-0.1, -0.05) is 25.9 Å². The van der Waals surface area contributed by atoms with E-state index in [9.17, 15) is 4.79 Å². The third-order valence-corrected chi connectivity index (χ3v) is 9.91. The summed E-state index contributed by atoms with van der Waals surface area (Å²) in [5.41, 5.74) is 1.72. The third-order valence-electron chi connectivity index (χ3n) is 9.91. The highest BCUT2D eigenvalue weighted by molar-refractivity contribution is 5.87. The zero-order valence-electron chi connectivity index (χ0n) is 18.0. The molecule has 1 saturated heterocycles. The summed E-state index contributed by atoms with van der Waals surface area (Å²) in [7, 11) is 0. The number of carbonyl (C=O) groups is 1. The number of rotatable bonds is 2. The van der Waals surface area contributed by atoms with Crippen LogP contribution >= 0.6 is 0 Å². The molecular weight excluding hydrogens is 348 g/mol. The predicted molar refractivity (Wildman–Crippen MR) is 111 cm³/mol. The Morgan fingerprint density at radius 3 is 2.75 bits per heavy atom. The normalized spacial score (nSPS) is 52.2. The van der Waals surface area contributed by atoms with Crippen LogP contribution in [0.3, 0.4) is 0 Å². The van der Waals surface area contributed by atoms with Crippen LogP contribution in [-0.4, -0.2) is 30.7 Å². The Morgan fingerprint density at radius 2 is 1.96 bits per heavy atom. The van der Waals surface area contributed by atoms with Crippen LogP contribution < -0.4 is 5.32 Å². The van der Waals surface area contributed by atoms with Crippen LogP contribution in [0.4, 0.5) is 0 Å². The van der Waals surface area contributed by atoms with Gasteiger partial charge in [-0.05, 0) is 86.5 Å². The summed E-state index contributed by atoms with van der Waals surface area (Å²) < 4.78 is 0. The Labute approximate surface area is 170 Å². The largest absolute Gasteiger partial charge is 0.391 e. The van der Waals surface area contributed by atoms with E-state index in [-0.39, 0.29) is 11.5 Å². The molecule has 5 aliphatic rings. The molecule has 8 atom stereocenters. The molecule has 4 aliphatic carbocycles. The highest BCUT2D eigenvalue weighted by Gasteiger charge is 2.61. The molecule has 4 heteroatoms. The highest BCUT2D eigenvalue weighted by Crippen LogP contribution is 2.66. The van der Waals surface area contributed by atoms with E-state index < -0.39 is 0 Å². The average Bonchev–Trinajstić information content (AvgIpc) is 3.29. The van der Waals surface area contributed by atoms with Crippen LogP contribution in [0.25, 0.3) is 0 Å². The second-order valence-electron chi connectivity index (χ2n) is 11.2. The minimum Gasteiger partial charge on any atom is -0.391 e. The van der Waals surface area contributed by atoms with E-state index in [1.54, 1.807) is 0 Å². The Hall–Kier alpha value is -0.900. The van der Waals surface area contributed by atoms with Crippen molar-refractivity contribution in [3.05, 3.63) is 0 Å². The van der Waals surface area contributed by atoms with Crippen molar-refractivity contribution in [2.24, 2.45) is 45.6 Å². The van der Waals surface area contributed by atoms with Gasteiger partial charge in [0.25, 0.3) is 0 Å². The number of nitrogens with one attached hydrogen (secondary N) is 1. The molecule has 28 heavy (non-hydrogen) atoms. The fourth-order valence-electron chi connectivity index (χ4n) is 8.16. The fourth-order valence-corrected chi connectivity index (χ4v) is 8.16. The zero-order valence-corrected chi connectivity index (χ0v) is 18.0. The number of nitrogens with zero attached hydrogens (tertiary/aromatic N) is 1. The number of ketones is 1. The molecule has 5 rings (SSSR count). The van der Waals surface area contributed by atoms with Crippen molar-refractivity contribution in [1.82, 2.24) is 5.32 Å². The molecule has 0 radical (unpaired) electrons. The lowest BCUT2D eigenvalue weighted by molar-refractivity contribution is -0.143. The molecule has 0 spiro atoms. The lowest BCUT2D eigenvalue weighted by atomic mass is 9.43. The molecule has 1 heterocycles. The van der Waals surface area contributed by atoms with E-state index >= 15 is 0 Å². The van der Waals surface area contributed by atoms with Gasteiger partial charge < -0.3 is 10.2 Å². The van der Waals surface area contributed by atoms with Crippen LogP contribution in [0.15, 0.2) is 5.16 Å². The van der Waals surface area contributed by atoms with Crippen LogP contribution in [0, 0.1) is 40.4 Å². The van der Waals surface area contributed by atoms with E-state index in [1.165, 1.54) is 25.0 Å². The van der Waals surface area contributed by atoms with Crippen molar-refractivity contribution >= 4 is 11.5 Å². The second-order valence-corrected chi connectivity index (χ2v) is 11.2. The Bertz CT molecular complexity index is 670. The summed E-state index contributed by atoms with van der Waals surface area (Å²) >= 11 is 0. The van der Waals surface area contributed by atoms with Gasteiger partial charge in [0.15, 0.2) is 0 Å². The van der Waals surface area contributed by atoms with Crippen molar-refractivity contribution in [2.45, 2.75) is 84.7 Å². The van der Waals surface area contributed by atoms with Crippen LogP contribution in [0.5, 0.6) is 0 Å². The van der Waals surface area contributed by atoms with Crippen molar-refractivity contribution in [2.75, 3.05) is 13.1 Å². The topological polar surface area (TPSA) is 50.7 Å². The number of hydrogen-bond acceptors (Lipinski definition) is 4. The minimum absolute atomic E-state index is 0.0108. The van der Waals surface area contributed by atoms with Gasteiger partial charge in [-0.3, -0.25) is 4.79 Å². The van der Waals surface area contributed by atoms with Gasteiger partial charge in [0.1, 0.15) is 11.9 Å². The molecule has 4 nitrogen and oxygen atoms in total. The molecule has 4 saturated carbocycles. The number of hydrogen-bond donors (Lipinski definition) is 1. The summed E-state index contributed by atoms with van der Waals surface area (Å²) in [4.78, 5) is 18.5. The number of carbonyl (C=O) groups excluding carboxylic acids is 1. The summed E-state index contributed by atoms with van der Waals surface area (Å²) in [5, 5.41) is 7.98. The summed E-state index contributed by atoms with van der Waals surface area (Å²) in [5.74, 6) is 4.23. The maximum Gasteiger partial charge on any atom is 0.141 e. The van der Waals surface area contributed by atoms with E-state index in [1.807, 2.05) is 0 Å². The van der Waals surface area contributed by atoms with Crippen molar-refractivity contribution < 1.29 is 9.63 Å². The molecule has 1 unspecified atom stereocenters. The number of oxime groups is 1. The summed E-state index contributed by atoms with van der Waals surface area (Å²) in [6, 6.07) is 0. The SMILES string of the molecule is C[C@@H]1CC2CC(=NO[C@@H]3CCNC3)CC[C@]2(C)[C@H]2CC[C@]3(C)C(=O)CC[C@H]3[C@H]12. The van der Waals surface area contributed by atoms with Gasteiger partial charge >= 0.3 is 0 Å². The molecule has 1 aliphatic heterocycles. The number of fused-ring (bicyclic) bond motifs is 5. The summed E-state index contributed by atoms with van der Waals surface area (Å²) in [6.45, 7) is 9.36. The average molecular weight is 387 g/mol. The quantitative estimate of drug-likeness (QED) is 0.707. The zero-order chi connectivity index (χ0) is 19.5. The molecule has 0 aromatic rings. The standard InChI is InChI=1S/C24H38N2O2/c1-15-12-16-13-17(26-28-18-8-11-25-14-18)6-9-23(16,2)20-7-10-24(3)19(22(15)20)4-5-21(24)27/h15-16,18-20,22,25H,4-14H2,1-3H3/t15-,16?,18-,19+,20+,22+,23+,24+/m1/s1. The van der Waals surface area contributed by atoms with Gasteiger partial charge in [0.05, 0.1) is 5.71 Å². The highest BCUT2D eigenvalue weighted by atomic mass is 16.6. The van der Waals surface area contributed by atoms with Gasteiger partial charge in [-0.25, -0.2) is 0 Å². The minimum atomic E-state index is -0.0108. The predicted octanol–water partition coefficient (Wildman–Crippen LogP) is 4.58. The van der Waals surface area contributed by atoms with Gasteiger partial charge in [0, 0.05) is 24.8 Å². The first-order valence-corrected chi connectivity index (χ1v) is 11.9. The fraction of sp³-hybridized carbons (Fsp3) is 0.917. The smallest absolute Gasteiger partial charge is 0.141 e. The third kappa shape index (κ3) is 2.80. The van der Waals surface area contributed by atoms with Crippen LogP contribution in [-0.2, 0) is 9.63 Å². The molecule has 156 valence electrons. The molecule has 1 N–H and O–H groups in total. The van der Waals surface area contributed by atoms with Crippen molar-refractivity contribution in [3.63, 3.8) is 0 Å². The summed E-state index contributed by atoms with van der Waals surface area (Å²) in [6.07, 6.45) is 10.5. The van der Waals surface area contributed by atoms with E-state index in [4.69, 9.17) is 4.84 Å². The number of Topliss-reactive ketones (excluding diaryl/α,β-unsaturated/α-hetero) is 1. The van der Waals surface area contributed by atoms with Gasteiger partial charge in [0.2, 0.25) is 0 Å². The van der Waals surface area contributed by atoms with Crippen molar-refractivity contribution in [3.8, 4) is 0 Å². The molecule has 0 amide bonds. The van der Waals surface area contributed by atoms with Crippen molar-refractivity contribution in [1.29, 1.82) is 0 Å². The van der Waals surface area contributed by atoms with Gasteiger partial charge in [-0.15, -0.1) is 0 Å². The molecule has 0 aromatic carbocycles. The Kier molecular flexibility index (Phi) is 4.65. The monoisotopic (exact) mass is 386 g/mol. The maximum absolute atomic E-state index is 12.7. The lowest BCUT2D eigenvalue weighted by Crippen LogP contribution is -2.56. The van der Waals surface area contributed by atoms with Crippen LogP contribution in [0.2, 0.25) is 0 Å². The van der Waals surface area contributed by atoms with E-state index in [0.29, 0.717) is 17.1 Å². The molecular formula is C24H38N2O2. The van der Waals surface area contributed by atoms with E-state index in [2.05, 4.69) is 31.2 Å². The van der Waals surface area contributed by atoms with Crippen LogP contribution in [0.1, 0.15) is 78.6 Å². The molecule has 5 fully saturated rings. The first kappa shape index (κ1) is 19.1. The first-order valence-electron chi connectivity index (χ1n) is 11.9. The van der Waals surface area contributed by atoms with Gasteiger partial charge in [-0.2, -0.15) is 0 Å². The van der Waals surface area contributed by atoms with E-state index in [0.717, 1.165) is 75.3 Å². The first-order chi connectivity index (χ1) is 13.4.